The topological polar surface area (TPSA) is 80.4 Å². The van der Waals surface area contributed by atoms with Gasteiger partial charge in [-0.05, 0) is 31.8 Å². The first-order chi connectivity index (χ1) is 11.6. The number of unbranched alkanes of at least 4 members (excludes halogenated alkanes) is 11. The Morgan fingerprint density at radius 3 is 1.92 bits per heavy atom. The fourth-order valence-electron chi connectivity index (χ4n) is 2.75. The number of carbonyl (C=O) groups is 1. The molecule has 0 saturated carbocycles. The number of allylic oxidation sites excluding steroid dienone is 2. The van der Waals surface area contributed by atoms with E-state index >= 15 is 0 Å². The number of rotatable bonds is 17. The van der Waals surface area contributed by atoms with Crippen LogP contribution in [0, 0.1) is 10.1 Å². The molecule has 0 heterocycles. The van der Waals surface area contributed by atoms with Gasteiger partial charge in [-0.15, -0.1) is 0 Å². The highest BCUT2D eigenvalue weighted by Gasteiger charge is 2.09. The van der Waals surface area contributed by atoms with E-state index < -0.39 is 5.97 Å². The van der Waals surface area contributed by atoms with E-state index in [4.69, 9.17) is 5.11 Å². The first kappa shape index (κ1) is 22.6. The molecule has 24 heavy (non-hydrogen) atoms. The van der Waals surface area contributed by atoms with Crippen molar-refractivity contribution in [3.05, 3.63) is 21.9 Å². The molecule has 0 aromatic heterocycles. The van der Waals surface area contributed by atoms with E-state index in [1.807, 2.05) is 0 Å². The quantitative estimate of drug-likeness (QED) is 0.197. The lowest BCUT2D eigenvalue weighted by atomic mass is 10.1. The Kier molecular flexibility index (Phi) is 15.5. The third-order valence-corrected chi connectivity index (χ3v) is 4.25. The molecule has 0 amide bonds. The van der Waals surface area contributed by atoms with Gasteiger partial charge in [0.1, 0.15) is 0 Å². The minimum absolute atomic E-state index is 0.149. The molecule has 1 N–H and O–H groups in total. The van der Waals surface area contributed by atoms with E-state index in [1.54, 1.807) is 6.08 Å². The average molecular weight is 341 g/mol. The smallest absolute Gasteiger partial charge is 0.303 e. The normalized spacial score (nSPS) is 11.6. The first-order valence-electron chi connectivity index (χ1n) is 9.63. The van der Waals surface area contributed by atoms with Crippen LogP contribution in [0.1, 0.15) is 103 Å². The monoisotopic (exact) mass is 341 g/mol. The maximum Gasteiger partial charge on any atom is 0.303 e. The van der Waals surface area contributed by atoms with Crippen LogP contribution >= 0.6 is 0 Å². The van der Waals surface area contributed by atoms with E-state index in [0.29, 0.717) is 25.0 Å². The second-order valence-corrected chi connectivity index (χ2v) is 6.52. The van der Waals surface area contributed by atoms with Crippen molar-refractivity contribution >= 4 is 5.97 Å². The molecule has 0 fully saturated rings. The van der Waals surface area contributed by atoms with Crippen LogP contribution in [0.3, 0.4) is 0 Å². The van der Waals surface area contributed by atoms with E-state index in [-0.39, 0.29) is 11.3 Å². The minimum atomic E-state index is -0.801. The molecule has 0 unspecified atom stereocenters. The highest BCUT2D eigenvalue weighted by Crippen LogP contribution is 2.14. The second kappa shape index (κ2) is 16.5. The van der Waals surface area contributed by atoms with E-state index in [1.165, 1.54) is 44.9 Å². The predicted molar refractivity (Wildman–Crippen MR) is 97.6 cm³/mol. The number of hydrogen-bond acceptors (Lipinski definition) is 3. The Hall–Kier alpha value is -1.39. The van der Waals surface area contributed by atoms with Gasteiger partial charge in [-0.1, -0.05) is 64.7 Å². The Morgan fingerprint density at radius 1 is 0.875 bits per heavy atom. The average Bonchev–Trinajstić information content (AvgIpc) is 2.53. The Morgan fingerprint density at radius 2 is 1.38 bits per heavy atom. The molecule has 5 nitrogen and oxygen atoms in total. The molecule has 0 aliphatic heterocycles. The SMILES string of the molecule is CCCCCCCCCCCC=C(CCCCCC(=O)O)[N+](=O)[O-]. The fourth-order valence-corrected chi connectivity index (χ4v) is 2.75. The van der Waals surface area contributed by atoms with Crippen LogP contribution in [0.15, 0.2) is 11.8 Å². The molecule has 0 aliphatic carbocycles. The molecule has 0 saturated heterocycles. The number of carboxylic acid groups (broad SMARTS) is 1. The zero-order valence-electron chi connectivity index (χ0n) is 15.3. The molecule has 0 aromatic rings. The summed E-state index contributed by atoms with van der Waals surface area (Å²) in [7, 11) is 0. The third-order valence-electron chi connectivity index (χ3n) is 4.25. The van der Waals surface area contributed by atoms with Crippen molar-refractivity contribution in [1.82, 2.24) is 0 Å². The van der Waals surface area contributed by atoms with Crippen molar-refractivity contribution in [3.8, 4) is 0 Å². The molecule has 5 heteroatoms. The Balaban J connectivity index is 3.66. The van der Waals surface area contributed by atoms with Crippen LogP contribution < -0.4 is 0 Å². The molecule has 0 atom stereocenters. The minimum Gasteiger partial charge on any atom is -0.481 e. The van der Waals surface area contributed by atoms with E-state index in [0.717, 1.165) is 25.7 Å². The predicted octanol–water partition coefficient (Wildman–Crippen LogP) is 6.10. The third kappa shape index (κ3) is 15.5. The van der Waals surface area contributed by atoms with Gasteiger partial charge in [-0.2, -0.15) is 0 Å². The van der Waals surface area contributed by atoms with Crippen molar-refractivity contribution < 1.29 is 14.8 Å². The van der Waals surface area contributed by atoms with Crippen LogP contribution in [0.4, 0.5) is 0 Å². The number of hydrogen-bond donors (Lipinski definition) is 1. The van der Waals surface area contributed by atoms with Crippen molar-refractivity contribution in [2.75, 3.05) is 0 Å². The van der Waals surface area contributed by atoms with Gasteiger partial charge in [0.05, 0.1) is 4.92 Å². The molecular formula is C19H35NO4. The van der Waals surface area contributed by atoms with Gasteiger partial charge >= 0.3 is 5.97 Å². The molecule has 0 rings (SSSR count). The van der Waals surface area contributed by atoms with Gasteiger partial charge in [0.25, 0.3) is 0 Å². The summed E-state index contributed by atoms with van der Waals surface area (Å²) >= 11 is 0. The molecule has 0 radical (unpaired) electrons. The number of carboxylic acids is 1. The Bertz CT molecular complexity index is 366. The van der Waals surface area contributed by atoms with Crippen LogP contribution in [0.25, 0.3) is 0 Å². The highest BCUT2D eigenvalue weighted by atomic mass is 16.6. The molecular weight excluding hydrogens is 306 g/mol. The van der Waals surface area contributed by atoms with Gasteiger partial charge in [0, 0.05) is 12.8 Å². The lowest BCUT2D eigenvalue weighted by Crippen LogP contribution is -1.99. The lowest BCUT2D eigenvalue weighted by molar-refractivity contribution is -0.428. The summed E-state index contributed by atoms with van der Waals surface area (Å²) in [6, 6.07) is 0. The van der Waals surface area contributed by atoms with Crippen molar-refractivity contribution in [3.63, 3.8) is 0 Å². The maximum atomic E-state index is 11.0. The maximum absolute atomic E-state index is 11.0. The summed E-state index contributed by atoms with van der Waals surface area (Å²) < 4.78 is 0. The van der Waals surface area contributed by atoms with Gasteiger partial charge in [0.2, 0.25) is 5.70 Å². The lowest BCUT2D eigenvalue weighted by Gasteiger charge is -2.02. The van der Waals surface area contributed by atoms with Gasteiger partial charge in [0.15, 0.2) is 0 Å². The summed E-state index contributed by atoms with van der Waals surface area (Å²) in [5.41, 5.74) is 0.296. The number of nitro groups is 1. The zero-order chi connectivity index (χ0) is 18.0. The summed E-state index contributed by atoms with van der Waals surface area (Å²) in [5.74, 6) is -0.801. The van der Waals surface area contributed by atoms with Gasteiger partial charge < -0.3 is 5.11 Å². The van der Waals surface area contributed by atoms with E-state index in [9.17, 15) is 14.9 Å². The summed E-state index contributed by atoms with van der Waals surface area (Å²) in [6.45, 7) is 2.22. The van der Waals surface area contributed by atoms with Crippen LogP contribution in [0.5, 0.6) is 0 Å². The largest absolute Gasteiger partial charge is 0.481 e. The van der Waals surface area contributed by atoms with Crippen molar-refractivity contribution in [2.45, 2.75) is 103 Å². The molecule has 0 aliphatic rings. The molecule has 0 aromatic carbocycles. The van der Waals surface area contributed by atoms with Gasteiger partial charge in [-0.3, -0.25) is 14.9 Å². The zero-order valence-corrected chi connectivity index (χ0v) is 15.3. The highest BCUT2D eigenvalue weighted by molar-refractivity contribution is 5.66. The van der Waals surface area contributed by atoms with Crippen LogP contribution in [-0.2, 0) is 4.79 Å². The number of aliphatic carboxylic acids is 1. The van der Waals surface area contributed by atoms with E-state index in [2.05, 4.69) is 6.92 Å². The molecule has 0 spiro atoms. The number of nitrogens with zero attached hydrogens (tertiary/aromatic N) is 1. The summed E-state index contributed by atoms with van der Waals surface area (Å²) in [5, 5.41) is 19.6. The Labute approximate surface area is 146 Å². The van der Waals surface area contributed by atoms with Crippen molar-refractivity contribution in [2.24, 2.45) is 0 Å². The van der Waals surface area contributed by atoms with Crippen LogP contribution in [-0.4, -0.2) is 16.0 Å². The first-order valence-corrected chi connectivity index (χ1v) is 9.63. The van der Waals surface area contributed by atoms with Crippen LogP contribution in [0.2, 0.25) is 0 Å². The second-order valence-electron chi connectivity index (χ2n) is 6.52. The fraction of sp³-hybridized carbons (Fsp3) is 0.842. The summed E-state index contributed by atoms with van der Waals surface area (Å²) in [4.78, 5) is 21.1. The standard InChI is InChI=1S/C19H35NO4/c1-2-3-4-5-6-7-8-9-10-12-15-18(20(23)24)16-13-11-14-17-19(21)22/h15H,2-14,16-17H2,1H3,(H,21,22). The summed E-state index contributed by atoms with van der Waals surface area (Å²) in [6.07, 6.45) is 16.4. The van der Waals surface area contributed by atoms with Crippen molar-refractivity contribution in [1.29, 1.82) is 0 Å². The van der Waals surface area contributed by atoms with Gasteiger partial charge in [-0.25, -0.2) is 0 Å². The molecule has 0 bridgehead atoms. The molecule has 140 valence electrons.